The zero-order valence-electron chi connectivity index (χ0n) is 14.9. The number of aliphatic hydroxyl groups excluding tert-OH is 1. The number of aliphatic hydroxyl groups is 1. The van der Waals surface area contributed by atoms with Gasteiger partial charge in [-0.2, -0.15) is 11.8 Å². The zero-order chi connectivity index (χ0) is 17.0. The van der Waals surface area contributed by atoms with Gasteiger partial charge in [0.25, 0.3) is 0 Å². The summed E-state index contributed by atoms with van der Waals surface area (Å²) < 4.78 is 22.5. The lowest BCUT2D eigenvalue weighted by atomic mass is 10.3. The van der Waals surface area contributed by atoms with Crippen molar-refractivity contribution in [2.45, 2.75) is 65.1 Å². The Bertz CT molecular complexity index is 253. The van der Waals surface area contributed by atoms with Crippen LogP contribution in [0.3, 0.4) is 0 Å². The molecule has 0 heterocycles. The molecule has 5 unspecified atom stereocenters. The minimum absolute atomic E-state index is 0.00340. The molecule has 0 spiro atoms. The second kappa shape index (κ2) is 13.6. The van der Waals surface area contributed by atoms with Crippen LogP contribution in [-0.2, 0) is 18.9 Å². The van der Waals surface area contributed by atoms with Gasteiger partial charge >= 0.3 is 0 Å². The summed E-state index contributed by atoms with van der Waals surface area (Å²) in [5, 5.41) is 9.15. The average Bonchev–Trinajstić information content (AvgIpc) is 2.46. The van der Waals surface area contributed by atoms with Gasteiger partial charge in [-0.3, -0.25) is 0 Å². The van der Waals surface area contributed by atoms with Crippen LogP contribution in [0.5, 0.6) is 0 Å². The number of ether oxygens (including phenoxy) is 4. The molecule has 0 aromatic carbocycles. The van der Waals surface area contributed by atoms with Crippen molar-refractivity contribution >= 4 is 11.8 Å². The van der Waals surface area contributed by atoms with Gasteiger partial charge in [-0.05, 0) is 40.9 Å². The molecule has 1 N–H and O–H groups in total. The first kappa shape index (κ1) is 22.1. The molecule has 0 radical (unpaired) electrons. The molecule has 0 saturated carbocycles. The molecule has 0 aromatic rings. The zero-order valence-corrected chi connectivity index (χ0v) is 15.7. The molecule has 22 heavy (non-hydrogen) atoms. The lowest BCUT2D eigenvalue weighted by Gasteiger charge is -2.21. The molecule has 6 heteroatoms. The molecule has 0 aliphatic carbocycles. The summed E-state index contributed by atoms with van der Waals surface area (Å²) in [7, 11) is 0. The van der Waals surface area contributed by atoms with E-state index in [9.17, 15) is 0 Å². The maximum Gasteiger partial charge on any atom is 0.0781 e. The van der Waals surface area contributed by atoms with Crippen molar-refractivity contribution in [2.24, 2.45) is 0 Å². The smallest absolute Gasteiger partial charge is 0.0781 e. The number of rotatable bonds is 14. The molecule has 0 aliphatic heterocycles. The monoisotopic (exact) mass is 338 g/mol. The first-order valence-electron chi connectivity index (χ1n) is 7.98. The normalized spacial score (nSPS) is 18.7. The third kappa shape index (κ3) is 13.8. The number of thioether (sulfide) groups is 1. The summed E-state index contributed by atoms with van der Waals surface area (Å²) in [5.41, 5.74) is 0. The molecule has 0 bridgehead atoms. The van der Waals surface area contributed by atoms with E-state index in [1.165, 1.54) is 0 Å². The molecule has 0 saturated heterocycles. The summed E-state index contributed by atoms with van der Waals surface area (Å²) in [5.74, 6) is 0.997. The van der Waals surface area contributed by atoms with Gasteiger partial charge in [-0.1, -0.05) is 0 Å². The van der Waals surface area contributed by atoms with Crippen LogP contribution in [0.2, 0.25) is 0 Å². The fraction of sp³-hybridized carbons (Fsp3) is 1.00. The Labute approximate surface area is 140 Å². The van der Waals surface area contributed by atoms with Crippen LogP contribution in [0.15, 0.2) is 0 Å². The SMILES string of the molecule is CSCC(C)OCC(C)OCC(C)OCC(C)OCC(C)O. The summed E-state index contributed by atoms with van der Waals surface area (Å²) in [6.07, 6.45) is 1.90. The van der Waals surface area contributed by atoms with Gasteiger partial charge in [0.2, 0.25) is 0 Å². The van der Waals surface area contributed by atoms with Crippen molar-refractivity contribution in [3.05, 3.63) is 0 Å². The van der Waals surface area contributed by atoms with E-state index in [-0.39, 0.29) is 24.4 Å². The topological polar surface area (TPSA) is 57.2 Å². The summed E-state index contributed by atoms with van der Waals surface area (Å²) in [4.78, 5) is 0. The highest BCUT2D eigenvalue weighted by Gasteiger charge is 2.11. The maximum absolute atomic E-state index is 9.15. The predicted octanol–water partition coefficient (Wildman–Crippen LogP) is 2.35. The quantitative estimate of drug-likeness (QED) is 0.525. The van der Waals surface area contributed by atoms with Crippen molar-refractivity contribution in [1.29, 1.82) is 0 Å². The van der Waals surface area contributed by atoms with E-state index >= 15 is 0 Å². The fourth-order valence-corrected chi connectivity index (χ4v) is 2.20. The van der Waals surface area contributed by atoms with Gasteiger partial charge in [0.1, 0.15) is 0 Å². The Hall–Kier alpha value is 0.150. The van der Waals surface area contributed by atoms with Gasteiger partial charge in [0.05, 0.1) is 56.9 Å². The van der Waals surface area contributed by atoms with E-state index in [0.717, 1.165) is 5.75 Å². The molecule has 0 rings (SSSR count). The van der Waals surface area contributed by atoms with Crippen LogP contribution in [0.1, 0.15) is 34.6 Å². The van der Waals surface area contributed by atoms with Crippen molar-refractivity contribution in [1.82, 2.24) is 0 Å². The highest BCUT2D eigenvalue weighted by Crippen LogP contribution is 2.04. The van der Waals surface area contributed by atoms with Crippen molar-refractivity contribution in [2.75, 3.05) is 38.4 Å². The third-order valence-electron chi connectivity index (χ3n) is 2.87. The summed E-state index contributed by atoms with van der Waals surface area (Å²) in [6, 6.07) is 0. The number of hydrogen-bond acceptors (Lipinski definition) is 6. The molecule has 134 valence electrons. The van der Waals surface area contributed by atoms with Crippen LogP contribution >= 0.6 is 11.8 Å². The molecule has 5 nitrogen and oxygen atoms in total. The van der Waals surface area contributed by atoms with E-state index in [2.05, 4.69) is 13.2 Å². The largest absolute Gasteiger partial charge is 0.391 e. The van der Waals surface area contributed by atoms with Crippen LogP contribution in [0, 0.1) is 0 Å². The van der Waals surface area contributed by atoms with Crippen LogP contribution < -0.4 is 0 Å². The van der Waals surface area contributed by atoms with Crippen LogP contribution in [0.4, 0.5) is 0 Å². The number of hydrogen-bond donors (Lipinski definition) is 1. The van der Waals surface area contributed by atoms with E-state index in [4.69, 9.17) is 24.1 Å². The van der Waals surface area contributed by atoms with Gasteiger partial charge < -0.3 is 24.1 Å². The average molecular weight is 339 g/mol. The molecule has 0 amide bonds. The molecular formula is C16H34O5S. The Morgan fingerprint density at radius 3 is 1.41 bits per heavy atom. The summed E-state index contributed by atoms with van der Waals surface area (Å²) >= 11 is 1.78. The molecule has 5 atom stereocenters. The van der Waals surface area contributed by atoms with Gasteiger partial charge in [-0.15, -0.1) is 0 Å². The van der Waals surface area contributed by atoms with Crippen molar-refractivity contribution < 1.29 is 24.1 Å². The van der Waals surface area contributed by atoms with E-state index in [1.807, 2.05) is 20.8 Å². The molecule has 0 aliphatic rings. The van der Waals surface area contributed by atoms with Gasteiger partial charge in [0, 0.05) is 5.75 Å². The van der Waals surface area contributed by atoms with Crippen LogP contribution in [-0.4, -0.2) is 74.1 Å². The fourth-order valence-electron chi connectivity index (χ4n) is 1.63. The molecule has 0 aromatic heterocycles. The minimum Gasteiger partial charge on any atom is -0.391 e. The van der Waals surface area contributed by atoms with Crippen molar-refractivity contribution in [3.8, 4) is 0 Å². The summed E-state index contributed by atoms with van der Waals surface area (Å²) in [6.45, 7) is 11.6. The van der Waals surface area contributed by atoms with Gasteiger partial charge in [0.15, 0.2) is 0 Å². The van der Waals surface area contributed by atoms with E-state index in [0.29, 0.717) is 26.4 Å². The van der Waals surface area contributed by atoms with Crippen molar-refractivity contribution in [3.63, 3.8) is 0 Å². The third-order valence-corrected chi connectivity index (χ3v) is 3.67. The highest BCUT2D eigenvalue weighted by atomic mass is 32.2. The molecule has 0 fully saturated rings. The van der Waals surface area contributed by atoms with Gasteiger partial charge in [-0.25, -0.2) is 0 Å². The Morgan fingerprint density at radius 2 is 1.05 bits per heavy atom. The van der Waals surface area contributed by atoms with E-state index in [1.54, 1.807) is 18.7 Å². The Kier molecular flexibility index (Phi) is 13.7. The first-order chi connectivity index (χ1) is 10.3. The lowest BCUT2D eigenvalue weighted by molar-refractivity contribution is -0.0897. The first-order valence-corrected chi connectivity index (χ1v) is 9.37. The highest BCUT2D eigenvalue weighted by molar-refractivity contribution is 7.98. The molecular weight excluding hydrogens is 304 g/mol. The Balaban J connectivity index is 3.64. The predicted molar refractivity (Wildman–Crippen MR) is 91.7 cm³/mol. The minimum atomic E-state index is -0.447. The standard InChI is InChI=1S/C16H34O5S/c1-12(17)7-18-13(2)8-19-14(3)9-20-15(4)10-21-16(5)11-22-6/h12-17H,7-11H2,1-6H3. The maximum atomic E-state index is 9.15. The van der Waals surface area contributed by atoms with Crippen LogP contribution in [0.25, 0.3) is 0 Å². The van der Waals surface area contributed by atoms with E-state index < -0.39 is 6.10 Å². The second-order valence-electron chi connectivity index (χ2n) is 5.88. The Morgan fingerprint density at radius 1 is 0.682 bits per heavy atom. The lowest BCUT2D eigenvalue weighted by Crippen LogP contribution is -2.28. The second-order valence-corrected chi connectivity index (χ2v) is 6.79.